The van der Waals surface area contributed by atoms with Gasteiger partial charge in [-0.05, 0) is 19.4 Å². The summed E-state index contributed by atoms with van der Waals surface area (Å²) < 4.78 is 0. The molecule has 1 N–H and O–H groups in total. The van der Waals surface area contributed by atoms with Crippen molar-refractivity contribution in [2.75, 3.05) is 5.32 Å². The third-order valence-electron chi connectivity index (χ3n) is 3.49. The summed E-state index contributed by atoms with van der Waals surface area (Å²) in [6, 6.07) is 19.2. The van der Waals surface area contributed by atoms with Crippen molar-refractivity contribution in [3.05, 3.63) is 71.1 Å². The lowest BCUT2D eigenvalue weighted by Gasteiger charge is -2.12. The first kappa shape index (κ1) is 13.8. The normalized spacial score (nSPS) is 12.1. The molecule has 0 amide bonds. The van der Waals surface area contributed by atoms with E-state index in [1.165, 1.54) is 11.1 Å². The molecule has 0 bridgehead atoms. The van der Waals surface area contributed by atoms with Gasteiger partial charge in [0, 0.05) is 10.9 Å². The molecule has 0 fully saturated rings. The molecule has 2 nitrogen and oxygen atoms in total. The molecule has 2 aromatic carbocycles. The Kier molecular flexibility index (Phi) is 4.02. The average molecular weight is 294 g/mol. The van der Waals surface area contributed by atoms with Crippen LogP contribution >= 0.6 is 11.3 Å². The van der Waals surface area contributed by atoms with Crippen molar-refractivity contribution in [1.82, 2.24) is 4.98 Å². The molecular formula is C18H18N2S. The first-order valence-corrected chi connectivity index (χ1v) is 7.94. The summed E-state index contributed by atoms with van der Waals surface area (Å²) in [5.41, 5.74) is 4.73. The van der Waals surface area contributed by atoms with Crippen molar-refractivity contribution < 1.29 is 0 Å². The van der Waals surface area contributed by atoms with Gasteiger partial charge in [0.25, 0.3) is 0 Å². The van der Waals surface area contributed by atoms with Crippen molar-refractivity contribution in [1.29, 1.82) is 0 Å². The molecule has 3 heteroatoms. The average Bonchev–Trinajstić information content (AvgIpc) is 2.97. The Bertz CT molecular complexity index is 702. The van der Waals surface area contributed by atoms with Crippen LogP contribution in [0, 0.1) is 6.92 Å². The number of nitrogens with zero attached hydrogens (tertiary/aromatic N) is 1. The van der Waals surface area contributed by atoms with E-state index in [4.69, 9.17) is 0 Å². The zero-order valence-electron chi connectivity index (χ0n) is 12.2. The van der Waals surface area contributed by atoms with Crippen LogP contribution in [0.15, 0.2) is 60.0 Å². The van der Waals surface area contributed by atoms with E-state index in [1.807, 2.05) is 6.07 Å². The zero-order chi connectivity index (χ0) is 14.7. The maximum absolute atomic E-state index is 4.68. The Hall–Kier alpha value is -2.13. The molecule has 0 spiro atoms. The molecule has 0 radical (unpaired) electrons. The molecular weight excluding hydrogens is 276 g/mol. The number of rotatable bonds is 4. The number of aryl methyl sites for hydroxylation is 1. The van der Waals surface area contributed by atoms with Crippen LogP contribution in [-0.2, 0) is 0 Å². The summed E-state index contributed by atoms with van der Waals surface area (Å²) in [6.07, 6.45) is 0. The summed E-state index contributed by atoms with van der Waals surface area (Å²) >= 11 is 1.65. The van der Waals surface area contributed by atoms with Crippen LogP contribution in [0.5, 0.6) is 0 Å². The lowest BCUT2D eigenvalue weighted by atomic mass is 10.1. The van der Waals surface area contributed by atoms with Crippen LogP contribution < -0.4 is 5.32 Å². The minimum atomic E-state index is 0.253. The SMILES string of the molecule is Cc1ccc(-c2csc(N[C@@H](C)c3ccccc3)n2)cc1. The minimum absolute atomic E-state index is 0.253. The summed E-state index contributed by atoms with van der Waals surface area (Å²) in [6.45, 7) is 4.25. The topological polar surface area (TPSA) is 24.9 Å². The number of hydrogen-bond acceptors (Lipinski definition) is 3. The second kappa shape index (κ2) is 6.10. The third kappa shape index (κ3) is 3.31. The highest BCUT2D eigenvalue weighted by Crippen LogP contribution is 2.27. The molecule has 0 saturated heterocycles. The second-order valence-electron chi connectivity index (χ2n) is 5.18. The molecule has 1 heterocycles. The van der Waals surface area contributed by atoms with Gasteiger partial charge < -0.3 is 5.32 Å². The fraction of sp³-hybridized carbons (Fsp3) is 0.167. The maximum Gasteiger partial charge on any atom is 0.183 e. The van der Waals surface area contributed by atoms with E-state index in [-0.39, 0.29) is 6.04 Å². The van der Waals surface area contributed by atoms with Crippen molar-refractivity contribution in [2.24, 2.45) is 0 Å². The molecule has 3 rings (SSSR count). The van der Waals surface area contributed by atoms with E-state index in [0.29, 0.717) is 0 Å². The van der Waals surface area contributed by atoms with Gasteiger partial charge in [-0.25, -0.2) is 4.98 Å². The van der Waals surface area contributed by atoms with Crippen LogP contribution in [0.2, 0.25) is 0 Å². The molecule has 0 saturated carbocycles. The quantitative estimate of drug-likeness (QED) is 0.707. The highest BCUT2D eigenvalue weighted by Gasteiger charge is 2.08. The lowest BCUT2D eigenvalue weighted by Crippen LogP contribution is -2.05. The predicted molar refractivity (Wildman–Crippen MR) is 90.8 cm³/mol. The first-order valence-electron chi connectivity index (χ1n) is 7.06. The van der Waals surface area contributed by atoms with Gasteiger partial charge in [0.15, 0.2) is 5.13 Å². The van der Waals surface area contributed by atoms with Crippen LogP contribution in [0.4, 0.5) is 5.13 Å². The van der Waals surface area contributed by atoms with Crippen LogP contribution in [-0.4, -0.2) is 4.98 Å². The molecule has 0 aliphatic carbocycles. The highest BCUT2D eigenvalue weighted by molar-refractivity contribution is 7.14. The molecule has 1 aromatic heterocycles. The van der Waals surface area contributed by atoms with Gasteiger partial charge in [-0.2, -0.15) is 0 Å². The maximum atomic E-state index is 4.68. The van der Waals surface area contributed by atoms with Crippen LogP contribution in [0.1, 0.15) is 24.1 Å². The highest BCUT2D eigenvalue weighted by atomic mass is 32.1. The Labute approximate surface area is 129 Å². The Morgan fingerprint density at radius 1 is 1.00 bits per heavy atom. The zero-order valence-corrected chi connectivity index (χ0v) is 13.0. The smallest absolute Gasteiger partial charge is 0.183 e. The molecule has 106 valence electrons. The monoisotopic (exact) mass is 294 g/mol. The molecule has 3 aromatic rings. The van der Waals surface area contributed by atoms with Gasteiger partial charge in [0.1, 0.15) is 0 Å². The largest absolute Gasteiger partial charge is 0.355 e. The first-order chi connectivity index (χ1) is 10.2. The van der Waals surface area contributed by atoms with Gasteiger partial charge in [-0.1, -0.05) is 60.2 Å². The number of aromatic nitrogens is 1. The van der Waals surface area contributed by atoms with Gasteiger partial charge in [0.05, 0.1) is 11.7 Å². The number of benzene rings is 2. The summed E-state index contributed by atoms with van der Waals surface area (Å²) in [5, 5.41) is 6.53. The summed E-state index contributed by atoms with van der Waals surface area (Å²) in [4.78, 5) is 4.68. The number of hydrogen-bond donors (Lipinski definition) is 1. The van der Waals surface area contributed by atoms with Gasteiger partial charge in [-0.15, -0.1) is 11.3 Å². The van der Waals surface area contributed by atoms with Crippen LogP contribution in [0.25, 0.3) is 11.3 Å². The molecule has 0 aliphatic heterocycles. The van der Waals surface area contributed by atoms with Crippen molar-refractivity contribution in [3.63, 3.8) is 0 Å². The second-order valence-corrected chi connectivity index (χ2v) is 6.04. The molecule has 1 atom stereocenters. The Morgan fingerprint density at radius 3 is 2.43 bits per heavy atom. The third-order valence-corrected chi connectivity index (χ3v) is 4.26. The van der Waals surface area contributed by atoms with Crippen molar-refractivity contribution in [3.8, 4) is 11.3 Å². The van der Waals surface area contributed by atoms with E-state index >= 15 is 0 Å². The minimum Gasteiger partial charge on any atom is -0.355 e. The van der Waals surface area contributed by atoms with Crippen molar-refractivity contribution in [2.45, 2.75) is 19.9 Å². The fourth-order valence-electron chi connectivity index (χ4n) is 2.21. The standard InChI is InChI=1S/C18H18N2S/c1-13-8-10-16(11-9-13)17-12-21-18(20-17)19-14(2)15-6-4-3-5-7-15/h3-12,14H,1-2H3,(H,19,20)/t14-/m0/s1. The van der Waals surface area contributed by atoms with Crippen molar-refractivity contribution >= 4 is 16.5 Å². The summed E-state index contributed by atoms with van der Waals surface area (Å²) in [5.74, 6) is 0. The fourth-order valence-corrected chi connectivity index (χ4v) is 3.02. The predicted octanol–water partition coefficient (Wildman–Crippen LogP) is 5.29. The Morgan fingerprint density at radius 2 is 1.71 bits per heavy atom. The van der Waals surface area contributed by atoms with Gasteiger partial charge in [-0.3, -0.25) is 0 Å². The van der Waals surface area contributed by atoms with Crippen LogP contribution in [0.3, 0.4) is 0 Å². The number of thiazole rings is 1. The molecule has 21 heavy (non-hydrogen) atoms. The van der Waals surface area contributed by atoms with E-state index in [2.05, 4.69) is 78.1 Å². The molecule has 0 aliphatic rings. The van der Waals surface area contributed by atoms with E-state index in [9.17, 15) is 0 Å². The molecule has 0 unspecified atom stereocenters. The number of nitrogens with one attached hydrogen (secondary N) is 1. The number of anilines is 1. The summed E-state index contributed by atoms with van der Waals surface area (Å²) in [7, 11) is 0. The lowest BCUT2D eigenvalue weighted by molar-refractivity contribution is 0.882. The van der Waals surface area contributed by atoms with Gasteiger partial charge in [0.2, 0.25) is 0 Å². The van der Waals surface area contributed by atoms with E-state index in [1.54, 1.807) is 11.3 Å². The van der Waals surface area contributed by atoms with E-state index in [0.717, 1.165) is 16.4 Å². The Balaban J connectivity index is 1.75. The van der Waals surface area contributed by atoms with Gasteiger partial charge >= 0.3 is 0 Å². The van der Waals surface area contributed by atoms with E-state index < -0.39 is 0 Å².